The van der Waals surface area contributed by atoms with E-state index in [1.807, 2.05) is 6.92 Å². The van der Waals surface area contributed by atoms with Gasteiger partial charge in [-0.15, -0.1) is 0 Å². The van der Waals surface area contributed by atoms with Crippen molar-refractivity contribution in [3.8, 4) is 0 Å². The first kappa shape index (κ1) is 11.7. The van der Waals surface area contributed by atoms with Gasteiger partial charge in [0.1, 0.15) is 5.82 Å². The molecule has 82 valence electrons. The average Bonchev–Trinajstić information content (AvgIpc) is 2.25. The highest BCUT2D eigenvalue weighted by atomic mass is 19.1. The second-order valence-electron chi connectivity index (χ2n) is 3.23. The van der Waals surface area contributed by atoms with Gasteiger partial charge in [0.15, 0.2) is 0 Å². The number of hydrogen-bond acceptors (Lipinski definition) is 3. The largest absolute Gasteiger partial charge is 0.468 e. The van der Waals surface area contributed by atoms with E-state index in [-0.39, 0.29) is 24.4 Å². The average molecular weight is 211 g/mol. The van der Waals surface area contributed by atoms with Crippen molar-refractivity contribution in [2.45, 2.75) is 13.0 Å². The van der Waals surface area contributed by atoms with Crippen LogP contribution in [0.5, 0.6) is 0 Å². The van der Waals surface area contributed by atoms with Crippen molar-refractivity contribution in [2.24, 2.45) is 0 Å². The van der Waals surface area contributed by atoms with Crippen LogP contribution in [-0.2, 0) is 9.53 Å². The molecular weight excluding hydrogens is 197 g/mol. The Morgan fingerprint density at radius 2 is 2.33 bits per heavy atom. The fraction of sp³-hybridized carbons (Fsp3) is 0.364. The van der Waals surface area contributed by atoms with Gasteiger partial charge in [-0.05, 0) is 24.6 Å². The maximum Gasteiger partial charge on any atom is 0.319 e. The van der Waals surface area contributed by atoms with E-state index >= 15 is 0 Å². The summed E-state index contributed by atoms with van der Waals surface area (Å²) < 4.78 is 17.4. The van der Waals surface area contributed by atoms with Crippen molar-refractivity contribution in [2.75, 3.05) is 13.7 Å². The Hall–Kier alpha value is -1.42. The predicted octanol–water partition coefficient (Wildman–Crippen LogP) is 1.65. The smallest absolute Gasteiger partial charge is 0.319 e. The molecule has 0 fully saturated rings. The Morgan fingerprint density at radius 3 is 2.93 bits per heavy atom. The number of hydrogen-bond donors (Lipinski definition) is 1. The maximum atomic E-state index is 12.9. The summed E-state index contributed by atoms with van der Waals surface area (Å²) in [6.45, 7) is 1.98. The summed E-state index contributed by atoms with van der Waals surface area (Å²) in [5, 5.41) is 2.94. The van der Waals surface area contributed by atoms with Gasteiger partial charge in [-0.3, -0.25) is 4.79 Å². The third kappa shape index (κ3) is 3.67. The lowest BCUT2D eigenvalue weighted by Crippen LogP contribution is -2.26. The molecule has 0 saturated carbocycles. The van der Waals surface area contributed by atoms with E-state index in [4.69, 9.17) is 0 Å². The van der Waals surface area contributed by atoms with Crippen molar-refractivity contribution in [3.05, 3.63) is 35.6 Å². The van der Waals surface area contributed by atoms with Crippen LogP contribution in [0.1, 0.15) is 18.5 Å². The van der Waals surface area contributed by atoms with Crippen molar-refractivity contribution in [3.63, 3.8) is 0 Å². The third-order valence-corrected chi connectivity index (χ3v) is 2.13. The molecule has 0 heterocycles. The van der Waals surface area contributed by atoms with Crippen LogP contribution in [0.25, 0.3) is 0 Å². The van der Waals surface area contributed by atoms with E-state index in [2.05, 4.69) is 10.1 Å². The van der Waals surface area contributed by atoms with Crippen LogP contribution < -0.4 is 5.32 Å². The molecule has 1 unspecified atom stereocenters. The molecule has 0 amide bonds. The molecule has 15 heavy (non-hydrogen) atoms. The Labute approximate surface area is 88.2 Å². The zero-order valence-corrected chi connectivity index (χ0v) is 8.79. The Kier molecular flexibility index (Phi) is 4.24. The second kappa shape index (κ2) is 5.46. The number of esters is 1. The standard InChI is InChI=1S/C11H14FNO2/c1-8(13-7-11(14)15-2)9-4-3-5-10(12)6-9/h3-6,8,13H,7H2,1-2H3. The number of benzene rings is 1. The zero-order chi connectivity index (χ0) is 11.3. The molecule has 0 aliphatic rings. The Balaban J connectivity index is 2.53. The summed E-state index contributed by atoms with van der Waals surface area (Å²) in [5.41, 5.74) is 0.805. The molecule has 1 aromatic carbocycles. The van der Waals surface area contributed by atoms with Gasteiger partial charge < -0.3 is 10.1 Å². The maximum absolute atomic E-state index is 12.9. The monoisotopic (exact) mass is 211 g/mol. The molecule has 0 aliphatic carbocycles. The van der Waals surface area contributed by atoms with Gasteiger partial charge in [-0.1, -0.05) is 12.1 Å². The molecule has 1 atom stereocenters. The van der Waals surface area contributed by atoms with Gasteiger partial charge in [0.05, 0.1) is 13.7 Å². The summed E-state index contributed by atoms with van der Waals surface area (Å²) in [6, 6.07) is 6.18. The molecule has 1 rings (SSSR count). The Morgan fingerprint density at radius 1 is 1.60 bits per heavy atom. The van der Waals surface area contributed by atoms with E-state index in [0.29, 0.717) is 0 Å². The lowest BCUT2D eigenvalue weighted by Gasteiger charge is -2.13. The van der Waals surface area contributed by atoms with Crippen molar-refractivity contribution in [1.82, 2.24) is 5.32 Å². The minimum Gasteiger partial charge on any atom is -0.468 e. The van der Waals surface area contributed by atoms with Crippen molar-refractivity contribution < 1.29 is 13.9 Å². The summed E-state index contributed by atoms with van der Waals surface area (Å²) in [6.07, 6.45) is 0. The number of ether oxygens (including phenoxy) is 1. The second-order valence-corrected chi connectivity index (χ2v) is 3.23. The highest BCUT2D eigenvalue weighted by Crippen LogP contribution is 2.12. The molecule has 0 aliphatic heterocycles. The topological polar surface area (TPSA) is 38.3 Å². The van der Waals surface area contributed by atoms with E-state index in [9.17, 15) is 9.18 Å². The van der Waals surface area contributed by atoms with Crippen molar-refractivity contribution in [1.29, 1.82) is 0 Å². The van der Waals surface area contributed by atoms with Crippen LogP contribution in [0.3, 0.4) is 0 Å². The molecule has 0 aromatic heterocycles. The number of carbonyl (C=O) groups is 1. The lowest BCUT2D eigenvalue weighted by molar-refractivity contribution is -0.139. The first-order valence-electron chi connectivity index (χ1n) is 4.69. The molecule has 0 saturated heterocycles. The molecule has 0 bridgehead atoms. The first-order valence-corrected chi connectivity index (χ1v) is 4.69. The molecule has 3 nitrogen and oxygen atoms in total. The van der Waals surface area contributed by atoms with Crippen LogP contribution in [0.2, 0.25) is 0 Å². The number of halogens is 1. The van der Waals surface area contributed by atoms with E-state index in [0.717, 1.165) is 5.56 Å². The molecule has 1 aromatic rings. The summed E-state index contributed by atoms with van der Waals surface area (Å²) in [5.74, 6) is -0.613. The summed E-state index contributed by atoms with van der Waals surface area (Å²) >= 11 is 0. The molecule has 4 heteroatoms. The molecular formula is C11H14FNO2. The fourth-order valence-electron chi connectivity index (χ4n) is 1.20. The van der Waals surface area contributed by atoms with Crippen LogP contribution in [0.15, 0.2) is 24.3 Å². The van der Waals surface area contributed by atoms with Gasteiger partial charge in [0.2, 0.25) is 0 Å². The molecule has 0 spiro atoms. The van der Waals surface area contributed by atoms with Crippen LogP contribution in [-0.4, -0.2) is 19.6 Å². The lowest BCUT2D eigenvalue weighted by atomic mass is 10.1. The van der Waals surface area contributed by atoms with Crippen LogP contribution in [0.4, 0.5) is 4.39 Å². The number of carbonyl (C=O) groups excluding carboxylic acids is 1. The van der Waals surface area contributed by atoms with Crippen LogP contribution in [0, 0.1) is 5.82 Å². The summed E-state index contributed by atoms with van der Waals surface area (Å²) in [4.78, 5) is 10.9. The SMILES string of the molecule is COC(=O)CNC(C)c1cccc(F)c1. The van der Waals surface area contributed by atoms with Crippen LogP contribution >= 0.6 is 0 Å². The zero-order valence-electron chi connectivity index (χ0n) is 8.79. The quantitative estimate of drug-likeness (QED) is 0.769. The van der Waals surface area contributed by atoms with Gasteiger partial charge in [0, 0.05) is 6.04 Å². The van der Waals surface area contributed by atoms with Gasteiger partial charge >= 0.3 is 5.97 Å². The first-order chi connectivity index (χ1) is 7.13. The normalized spacial score (nSPS) is 12.2. The Bertz CT molecular complexity index is 341. The third-order valence-electron chi connectivity index (χ3n) is 2.13. The predicted molar refractivity (Wildman–Crippen MR) is 54.8 cm³/mol. The summed E-state index contributed by atoms with van der Waals surface area (Å²) in [7, 11) is 1.33. The van der Waals surface area contributed by atoms with Crippen molar-refractivity contribution >= 4 is 5.97 Å². The molecule has 0 radical (unpaired) electrons. The number of rotatable bonds is 4. The fourth-order valence-corrected chi connectivity index (χ4v) is 1.20. The molecule has 1 N–H and O–H groups in total. The van der Waals surface area contributed by atoms with Gasteiger partial charge in [-0.25, -0.2) is 4.39 Å². The minimum atomic E-state index is -0.335. The minimum absolute atomic E-state index is 0.0835. The highest BCUT2D eigenvalue weighted by Gasteiger charge is 2.07. The van der Waals surface area contributed by atoms with E-state index in [1.165, 1.54) is 19.2 Å². The highest BCUT2D eigenvalue weighted by molar-refractivity contribution is 5.71. The van der Waals surface area contributed by atoms with E-state index < -0.39 is 0 Å². The number of methoxy groups -OCH3 is 1. The van der Waals surface area contributed by atoms with E-state index in [1.54, 1.807) is 12.1 Å². The van der Waals surface area contributed by atoms with Gasteiger partial charge in [-0.2, -0.15) is 0 Å². The number of nitrogens with one attached hydrogen (secondary N) is 1. The van der Waals surface area contributed by atoms with Gasteiger partial charge in [0.25, 0.3) is 0 Å².